The Morgan fingerprint density at radius 1 is 1.32 bits per heavy atom. The number of carbonyl (C=O) groups excluding carboxylic acids is 1. The summed E-state index contributed by atoms with van der Waals surface area (Å²) in [5.74, 6) is -0.655. The van der Waals surface area contributed by atoms with Crippen molar-refractivity contribution in [1.29, 1.82) is 0 Å². The van der Waals surface area contributed by atoms with E-state index in [2.05, 4.69) is 5.32 Å². The van der Waals surface area contributed by atoms with E-state index in [0.717, 1.165) is 0 Å². The largest absolute Gasteiger partial charge is 0.322 e. The van der Waals surface area contributed by atoms with Gasteiger partial charge in [-0.1, -0.05) is 17.7 Å². The van der Waals surface area contributed by atoms with Crippen molar-refractivity contribution in [3.05, 3.63) is 29.0 Å². The van der Waals surface area contributed by atoms with Crippen LogP contribution in [0.1, 0.15) is 6.92 Å². The van der Waals surface area contributed by atoms with Gasteiger partial charge in [-0.05, 0) is 19.1 Å². The average molecular weight is 350 g/mol. The molecule has 1 fully saturated rings. The van der Waals surface area contributed by atoms with Crippen LogP contribution in [0.3, 0.4) is 0 Å². The number of rotatable bonds is 3. The van der Waals surface area contributed by atoms with E-state index in [9.17, 15) is 17.6 Å². The molecule has 0 aliphatic carbocycles. The number of nitrogens with one attached hydrogen (secondary N) is 1. The third-order valence-corrected chi connectivity index (χ3v) is 5.65. The van der Waals surface area contributed by atoms with Gasteiger partial charge in [0.25, 0.3) is 0 Å². The molecule has 1 N–H and O–H groups in total. The minimum atomic E-state index is -3.24. The van der Waals surface area contributed by atoms with Gasteiger partial charge in [0.15, 0.2) is 5.82 Å². The molecule has 1 aromatic rings. The molecule has 0 unspecified atom stereocenters. The first-order valence-corrected chi connectivity index (χ1v) is 8.81. The number of hydrogen-bond donors (Lipinski definition) is 1. The molecule has 0 aromatic heterocycles. The molecule has 0 atom stereocenters. The molecule has 0 bridgehead atoms. The zero-order valence-corrected chi connectivity index (χ0v) is 13.6. The van der Waals surface area contributed by atoms with E-state index in [1.165, 1.54) is 27.4 Å². The number of piperazine rings is 1. The lowest BCUT2D eigenvalue weighted by molar-refractivity contribution is 0.184. The van der Waals surface area contributed by atoms with Crippen LogP contribution in [0.4, 0.5) is 14.9 Å². The molecule has 1 aromatic carbocycles. The summed E-state index contributed by atoms with van der Waals surface area (Å²) in [6.07, 6.45) is 0. The number of benzene rings is 1. The summed E-state index contributed by atoms with van der Waals surface area (Å²) >= 11 is 5.66. The van der Waals surface area contributed by atoms with Gasteiger partial charge in [-0.2, -0.15) is 4.31 Å². The van der Waals surface area contributed by atoms with E-state index >= 15 is 0 Å². The van der Waals surface area contributed by atoms with Crippen molar-refractivity contribution in [2.45, 2.75) is 6.92 Å². The highest BCUT2D eigenvalue weighted by molar-refractivity contribution is 7.89. The predicted molar refractivity (Wildman–Crippen MR) is 83.0 cm³/mol. The zero-order valence-electron chi connectivity index (χ0n) is 12.1. The zero-order chi connectivity index (χ0) is 16.3. The molecule has 2 amide bonds. The van der Waals surface area contributed by atoms with E-state index in [4.69, 9.17) is 11.6 Å². The maximum Gasteiger partial charge on any atom is 0.322 e. The van der Waals surface area contributed by atoms with Crippen molar-refractivity contribution in [3.8, 4) is 0 Å². The maximum atomic E-state index is 13.7. The van der Waals surface area contributed by atoms with Crippen LogP contribution in [0.25, 0.3) is 0 Å². The van der Waals surface area contributed by atoms with Gasteiger partial charge in [0.05, 0.1) is 16.5 Å². The van der Waals surface area contributed by atoms with Crippen LogP contribution in [0, 0.1) is 5.82 Å². The van der Waals surface area contributed by atoms with Crippen LogP contribution < -0.4 is 5.32 Å². The van der Waals surface area contributed by atoms with Crippen molar-refractivity contribution in [2.75, 3.05) is 37.2 Å². The maximum absolute atomic E-state index is 13.7. The lowest BCUT2D eigenvalue weighted by Crippen LogP contribution is -2.51. The molecule has 0 saturated carbocycles. The normalized spacial score (nSPS) is 16.6. The second-order valence-corrected chi connectivity index (χ2v) is 7.48. The predicted octanol–water partition coefficient (Wildman–Crippen LogP) is 1.98. The number of nitrogens with zero attached hydrogens (tertiary/aromatic N) is 2. The van der Waals surface area contributed by atoms with E-state index in [1.807, 2.05) is 0 Å². The second kappa shape index (κ2) is 6.80. The van der Waals surface area contributed by atoms with Gasteiger partial charge in [-0.15, -0.1) is 0 Å². The van der Waals surface area contributed by atoms with Crippen LogP contribution in [-0.4, -0.2) is 55.6 Å². The summed E-state index contributed by atoms with van der Waals surface area (Å²) in [4.78, 5) is 13.5. The fourth-order valence-corrected chi connectivity index (χ4v) is 3.41. The third-order valence-electron chi connectivity index (χ3n) is 3.48. The fourth-order valence-electron chi connectivity index (χ4n) is 2.15. The molecule has 22 heavy (non-hydrogen) atoms. The van der Waals surface area contributed by atoms with Crippen LogP contribution in [0.5, 0.6) is 0 Å². The van der Waals surface area contributed by atoms with Gasteiger partial charge in [0.1, 0.15) is 0 Å². The first kappa shape index (κ1) is 17.0. The quantitative estimate of drug-likeness (QED) is 0.907. The van der Waals surface area contributed by atoms with Crippen LogP contribution in [-0.2, 0) is 10.0 Å². The van der Waals surface area contributed by atoms with Crippen LogP contribution in [0.2, 0.25) is 5.02 Å². The molecule has 2 rings (SSSR count). The highest BCUT2D eigenvalue weighted by Crippen LogP contribution is 2.22. The van der Waals surface area contributed by atoms with Crippen molar-refractivity contribution < 1.29 is 17.6 Å². The molecular weight excluding hydrogens is 333 g/mol. The number of urea groups is 1. The SMILES string of the molecule is CCS(=O)(=O)N1CCN(C(=O)Nc2cccc(Cl)c2F)CC1. The molecule has 1 saturated heterocycles. The standard InChI is InChI=1S/C13H17ClFN3O3S/c1-2-22(20,21)18-8-6-17(7-9-18)13(19)16-11-5-3-4-10(14)12(11)15/h3-5H,2,6-9H2,1H3,(H,16,19). The van der Waals surface area contributed by atoms with E-state index in [0.29, 0.717) is 0 Å². The number of sulfonamides is 1. The number of amides is 2. The van der Waals surface area contributed by atoms with Gasteiger partial charge in [-0.3, -0.25) is 0 Å². The van der Waals surface area contributed by atoms with Crippen molar-refractivity contribution in [1.82, 2.24) is 9.21 Å². The first-order chi connectivity index (χ1) is 10.3. The number of halogens is 2. The summed E-state index contributed by atoms with van der Waals surface area (Å²) in [6.45, 7) is 2.57. The molecule has 1 aliphatic heterocycles. The van der Waals surface area contributed by atoms with Crippen molar-refractivity contribution in [2.24, 2.45) is 0 Å². The lowest BCUT2D eigenvalue weighted by Gasteiger charge is -2.33. The molecule has 0 radical (unpaired) electrons. The molecule has 1 aliphatic rings. The molecule has 1 heterocycles. The van der Waals surface area contributed by atoms with Gasteiger partial charge >= 0.3 is 6.03 Å². The summed E-state index contributed by atoms with van der Waals surface area (Å²) in [7, 11) is -3.24. The van der Waals surface area contributed by atoms with Gasteiger partial charge in [0.2, 0.25) is 10.0 Å². The van der Waals surface area contributed by atoms with E-state index in [1.54, 1.807) is 6.92 Å². The Bertz CT molecular complexity index is 660. The second-order valence-electron chi connectivity index (χ2n) is 4.82. The monoisotopic (exact) mass is 349 g/mol. The molecule has 6 nitrogen and oxygen atoms in total. The number of anilines is 1. The summed E-state index contributed by atoms with van der Waals surface area (Å²) < 4.78 is 38.6. The highest BCUT2D eigenvalue weighted by atomic mass is 35.5. The van der Waals surface area contributed by atoms with Gasteiger partial charge < -0.3 is 10.2 Å². The fraction of sp³-hybridized carbons (Fsp3) is 0.462. The Morgan fingerprint density at radius 3 is 2.55 bits per heavy atom. The minimum Gasteiger partial charge on any atom is -0.322 e. The Balaban J connectivity index is 1.97. The number of hydrogen-bond acceptors (Lipinski definition) is 3. The van der Waals surface area contributed by atoms with Crippen LogP contribution >= 0.6 is 11.6 Å². The van der Waals surface area contributed by atoms with E-state index in [-0.39, 0.29) is 42.6 Å². The summed E-state index contributed by atoms with van der Waals surface area (Å²) in [6, 6.07) is 3.86. The Hall–Kier alpha value is -1.38. The smallest absolute Gasteiger partial charge is 0.322 e. The molecule has 122 valence electrons. The highest BCUT2D eigenvalue weighted by Gasteiger charge is 2.27. The van der Waals surface area contributed by atoms with E-state index < -0.39 is 21.9 Å². The summed E-state index contributed by atoms with van der Waals surface area (Å²) in [5, 5.41) is 2.38. The van der Waals surface area contributed by atoms with Crippen molar-refractivity contribution in [3.63, 3.8) is 0 Å². The third kappa shape index (κ3) is 3.68. The van der Waals surface area contributed by atoms with Gasteiger partial charge in [-0.25, -0.2) is 17.6 Å². The first-order valence-electron chi connectivity index (χ1n) is 6.83. The lowest BCUT2D eigenvalue weighted by atomic mass is 10.3. The Labute approximate surface area is 133 Å². The summed E-state index contributed by atoms with van der Waals surface area (Å²) in [5.41, 5.74) is 0.00103. The van der Waals surface area contributed by atoms with Crippen LogP contribution in [0.15, 0.2) is 18.2 Å². The Kier molecular flexibility index (Phi) is 5.25. The molecular formula is C13H17ClFN3O3S. The Morgan fingerprint density at radius 2 is 1.95 bits per heavy atom. The topological polar surface area (TPSA) is 69.7 Å². The minimum absolute atomic E-state index is 0.00103. The molecule has 0 spiro atoms. The van der Waals surface area contributed by atoms with Crippen molar-refractivity contribution >= 4 is 33.3 Å². The van der Waals surface area contributed by atoms with Gasteiger partial charge in [0, 0.05) is 26.2 Å². The number of carbonyl (C=O) groups is 1. The molecule has 9 heteroatoms. The average Bonchev–Trinajstić information content (AvgIpc) is 2.52.